The normalized spacial score (nSPS) is 11.0. The molecule has 3 aromatic rings. The standard InChI is InChI=1S/C20H18N2O4/c1-26-20-8-4-14(11-15(20)13-22-10-2-9-21-22)3-7-18(24)17-6-5-16(23)12-19(17)25/h2-12,23,25H,13H2,1H3/b7-3+. The summed E-state index contributed by atoms with van der Waals surface area (Å²) in [4.78, 5) is 12.2. The predicted molar refractivity (Wildman–Crippen MR) is 97.5 cm³/mol. The molecule has 3 rings (SSSR count). The molecular weight excluding hydrogens is 332 g/mol. The Bertz CT molecular complexity index is 946. The lowest BCUT2D eigenvalue weighted by atomic mass is 10.1. The first-order valence-electron chi connectivity index (χ1n) is 7.95. The molecule has 0 bridgehead atoms. The zero-order valence-electron chi connectivity index (χ0n) is 14.2. The Morgan fingerprint density at radius 1 is 1.23 bits per heavy atom. The number of rotatable bonds is 6. The van der Waals surface area contributed by atoms with E-state index in [-0.39, 0.29) is 22.8 Å². The molecule has 6 nitrogen and oxygen atoms in total. The average molecular weight is 350 g/mol. The van der Waals surface area contributed by atoms with E-state index in [2.05, 4.69) is 5.10 Å². The first-order chi connectivity index (χ1) is 12.6. The second kappa shape index (κ2) is 7.57. The highest BCUT2D eigenvalue weighted by Crippen LogP contribution is 2.24. The molecule has 0 unspecified atom stereocenters. The van der Waals surface area contributed by atoms with Gasteiger partial charge in [0.2, 0.25) is 0 Å². The van der Waals surface area contributed by atoms with Crippen LogP contribution in [-0.2, 0) is 6.54 Å². The van der Waals surface area contributed by atoms with E-state index in [1.165, 1.54) is 18.2 Å². The van der Waals surface area contributed by atoms with Crippen molar-refractivity contribution < 1.29 is 19.7 Å². The van der Waals surface area contributed by atoms with Crippen LogP contribution in [0.1, 0.15) is 21.5 Å². The predicted octanol–water partition coefficient (Wildman–Crippen LogP) is 3.25. The minimum atomic E-state index is -0.355. The fourth-order valence-electron chi connectivity index (χ4n) is 2.58. The number of hydrogen-bond donors (Lipinski definition) is 2. The van der Waals surface area contributed by atoms with Gasteiger partial charge in [-0.2, -0.15) is 5.10 Å². The van der Waals surface area contributed by atoms with Gasteiger partial charge in [0.05, 0.1) is 19.2 Å². The Kier molecular flexibility index (Phi) is 5.03. The van der Waals surface area contributed by atoms with Crippen LogP contribution in [0, 0.1) is 0 Å². The highest BCUT2D eigenvalue weighted by Gasteiger charge is 2.09. The highest BCUT2D eigenvalue weighted by atomic mass is 16.5. The van der Waals surface area contributed by atoms with Crippen molar-refractivity contribution in [3.05, 3.63) is 77.6 Å². The van der Waals surface area contributed by atoms with E-state index in [1.54, 1.807) is 24.1 Å². The average Bonchev–Trinajstić information content (AvgIpc) is 3.13. The third-order valence-corrected chi connectivity index (χ3v) is 3.87. The molecule has 1 heterocycles. The summed E-state index contributed by atoms with van der Waals surface area (Å²) < 4.78 is 7.16. The van der Waals surface area contributed by atoms with Crippen LogP contribution in [0.15, 0.2) is 60.9 Å². The van der Waals surface area contributed by atoms with Crippen molar-refractivity contribution in [1.82, 2.24) is 9.78 Å². The first kappa shape index (κ1) is 17.3. The molecule has 0 amide bonds. The van der Waals surface area contributed by atoms with Crippen molar-refractivity contribution in [2.45, 2.75) is 6.54 Å². The number of aromatic hydroxyl groups is 2. The second-order valence-electron chi connectivity index (χ2n) is 5.67. The maximum atomic E-state index is 12.2. The Morgan fingerprint density at radius 2 is 2.08 bits per heavy atom. The fourth-order valence-corrected chi connectivity index (χ4v) is 2.58. The number of aromatic nitrogens is 2. The zero-order chi connectivity index (χ0) is 18.5. The molecule has 0 aliphatic heterocycles. The molecule has 0 aliphatic rings. The molecule has 2 aromatic carbocycles. The van der Waals surface area contributed by atoms with E-state index < -0.39 is 0 Å². The second-order valence-corrected chi connectivity index (χ2v) is 5.67. The van der Waals surface area contributed by atoms with Crippen LogP contribution in [0.3, 0.4) is 0 Å². The molecule has 0 saturated heterocycles. The van der Waals surface area contributed by atoms with Crippen molar-refractivity contribution in [2.75, 3.05) is 7.11 Å². The summed E-state index contributed by atoms with van der Waals surface area (Å²) >= 11 is 0. The lowest BCUT2D eigenvalue weighted by molar-refractivity contribution is 0.104. The number of phenols is 2. The summed E-state index contributed by atoms with van der Waals surface area (Å²) in [5.74, 6) is 0.0299. The van der Waals surface area contributed by atoms with E-state index in [0.717, 1.165) is 22.9 Å². The summed E-state index contributed by atoms with van der Waals surface area (Å²) in [6.07, 6.45) is 6.62. The smallest absolute Gasteiger partial charge is 0.189 e. The van der Waals surface area contributed by atoms with E-state index in [0.29, 0.717) is 6.54 Å². The molecule has 0 aliphatic carbocycles. The van der Waals surface area contributed by atoms with E-state index >= 15 is 0 Å². The van der Waals surface area contributed by atoms with E-state index in [1.807, 2.05) is 30.5 Å². The quantitative estimate of drug-likeness (QED) is 0.527. The van der Waals surface area contributed by atoms with Gasteiger partial charge in [0, 0.05) is 24.0 Å². The first-order valence-corrected chi connectivity index (χ1v) is 7.95. The SMILES string of the molecule is COc1ccc(/C=C/C(=O)c2ccc(O)cc2O)cc1Cn1cccn1. The Labute approximate surface area is 150 Å². The van der Waals surface area contributed by atoms with Gasteiger partial charge in [0.1, 0.15) is 17.2 Å². The molecule has 6 heteroatoms. The summed E-state index contributed by atoms with van der Waals surface area (Å²) in [5, 5.41) is 23.3. The van der Waals surface area contributed by atoms with Crippen LogP contribution in [0.2, 0.25) is 0 Å². The van der Waals surface area contributed by atoms with Gasteiger partial charge in [-0.05, 0) is 42.0 Å². The number of benzene rings is 2. The number of methoxy groups -OCH3 is 1. The summed E-state index contributed by atoms with van der Waals surface area (Å²) in [7, 11) is 1.61. The van der Waals surface area contributed by atoms with E-state index in [9.17, 15) is 15.0 Å². The summed E-state index contributed by atoms with van der Waals surface area (Å²) in [5.41, 5.74) is 1.88. The van der Waals surface area contributed by atoms with Crippen LogP contribution >= 0.6 is 0 Å². The molecule has 0 radical (unpaired) electrons. The Balaban J connectivity index is 1.82. The number of phenolic OH excluding ortho intramolecular Hbond substituents is 2. The molecular formula is C20H18N2O4. The maximum absolute atomic E-state index is 12.2. The van der Waals surface area contributed by atoms with Crippen LogP contribution in [0.4, 0.5) is 0 Å². The van der Waals surface area contributed by atoms with Crippen molar-refractivity contribution in [2.24, 2.45) is 0 Å². The van der Waals surface area contributed by atoms with Crippen LogP contribution in [0.5, 0.6) is 17.2 Å². The van der Waals surface area contributed by atoms with Crippen LogP contribution < -0.4 is 4.74 Å². The Hall–Kier alpha value is -3.54. The third kappa shape index (κ3) is 3.92. The number of hydrogen-bond acceptors (Lipinski definition) is 5. The molecule has 0 fully saturated rings. The monoisotopic (exact) mass is 350 g/mol. The number of ketones is 1. The van der Waals surface area contributed by atoms with Gasteiger partial charge >= 0.3 is 0 Å². The van der Waals surface area contributed by atoms with Gasteiger partial charge in [-0.1, -0.05) is 12.1 Å². The maximum Gasteiger partial charge on any atom is 0.189 e. The van der Waals surface area contributed by atoms with Crippen molar-refractivity contribution >= 4 is 11.9 Å². The van der Waals surface area contributed by atoms with Crippen LogP contribution in [-0.4, -0.2) is 32.9 Å². The number of allylic oxidation sites excluding steroid dienone is 1. The van der Waals surface area contributed by atoms with Gasteiger partial charge in [0.25, 0.3) is 0 Å². The zero-order valence-corrected chi connectivity index (χ0v) is 14.2. The molecule has 0 saturated carbocycles. The van der Waals surface area contributed by atoms with Gasteiger partial charge < -0.3 is 14.9 Å². The number of carbonyl (C=O) groups is 1. The molecule has 132 valence electrons. The third-order valence-electron chi connectivity index (χ3n) is 3.87. The van der Waals surface area contributed by atoms with Crippen molar-refractivity contribution in [1.29, 1.82) is 0 Å². The molecule has 1 aromatic heterocycles. The molecule has 0 spiro atoms. The molecule has 0 atom stereocenters. The molecule has 26 heavy (non-hydrogen) atoms. The van der Waals surface area contributed by atoms with Crippen molar-refractivity contribution in [3.8, 4) is 17.2 Å². The molecule has 2 N–H and O–H groups in total. The summed E-state index contributed by atoms with van der Waals surface area (Å²) in [6, 6.07) is 11.3. The number of ether oxygens (including phenoxy) is 1. The topological polar surface area (TPSA) is 84.6 Å². The van der Waals surface area contributed by atoms with Gasteiger partial charge in [-0.15, -0.1) is 0 Å². The fraction of sp³-hybridized carbons (Fsp3) is 0.100. The van der Waals surface area contributed by atoms with E-state index in [4.69, 9.17) is 4.74 Å². The van der Waals surface area contributed by atoms with Gasteiger partial charge in [-0.3, -0.25) is 9.48 Å². The lowest BCUT2D eigenvalue weighted by Gasteiger charge is -2.09. The Morgan fingerprint density at radius 3 is 2.77 bits per heavy atom. The van der Waals surface area contributed by atoms with Gasteiger partial charge in [-0.25, -0.2) is 0 Å². The largest absolute Gasteiger partial charge is 0.508 e. The summed E-state index contributed by atoms with van der Waals surface area (Å²) in [6.45, 7) is 0.546. The van der Waals surface area contributed by atoms with Crippen LogP contribution in [0.25, 0.3) is 6.08 Å². The van der Waals surface area contributed by atoms with Crippen molar-refractivity contribution in [3.63, 3.8) is 0 Å². The lowest BCUT2D eigenvalue weighted by Crippen LogP contribution is -2.02. The number of carbonyl (C=O) groups excluding carboxylic acids is 1. The highest BCUT2D eigenvalue weighted by molar-refractivity contribution is 6.08. The minimum Gasteiger partial charge on any atom is -0.508 e. The number of nitrogens with zero attached hydrogens (tertiary/aromatic N) is 2. The van der Waals surface area contributed by atoms with Gasteiger partial charge in [0.15, 0.2) is 5.78 Å². The minimum absolute atomic E-state index is 0.0959.